The predicted octanol–water partition coefficient (Wildman–Crippen LogP) is 4.35. The standard InChI is InChI=1S/C30H37F5N8O2/c1-15-12-38-26-20-25(40-28(41-26)42-13-29(4,14-42)43-7-9-44-10-8-43)23(32)24(39-27(20)45-16(2)5-6-37-15)18-11-19(36)22(31)17(3)21(18)30(33,34)35/h11,15-16,37H,5-10,12-14,36H2,1-4H3,(H,38,40,41)/t15?,16-/m0/s1. The highest BCUT2D eigenvalue weighted by Gasteiger charge is 2.45. The molecule has 2 atom stereocenters. The third-order valence-electron chi connectivity index (χ3n) is 8.86. The van der Waals surface area contributed by atoms with Gasteiger partial charge in [-0.3, -0.25) is 4.90 Å². The smallest absolute Gasteiger partial charge is 0.417 e. The van der Waals surface area contributed by atoms with Gasteiger partial charge in [-0.25, -0.2) is 18.7 Å². The molecule has 2 aromatic heterocycles. The van der Waals surface area contributed by atoms with Crippen LogP contribution >= 0.6 is 0 Å². The molecule has 6 rings (SSSR count). The van der Waals surface area contributed by atoms with E-state index in [0.717, 1.165) is 26.1 Å². The number of alkyl halides is 3. The number of halogens is 5. The molecule has 1 unspecified atom stereocenters. The van der Waals surface area contributed by atoms with E-state index in [0.29, 0.717) is 45.8 Å². The zero-order valence-corrected chi connectivity index (χ0v) is 25.6. The molecule has 0 amide bonds. The van der Waals surface area contributed by atoms with E-state index < -0.39 is 52.0 Å². The lowest BCUT2D eigenvalue weighted by Gasteiger charge is -2.55. The molecule has 3 aromatic rings. The first kappa shape index (κ1) is 31.4. The zero-order valence-electron chi connectivity index (χ0n) is 25.6. The Labute approximate surface area is 257 Å². The number of nitrogen functional groups attached to an aromatic ring is 1. The Morgan fingerprint density at radius 3 is 2.47 bits per heavy atom. The average Bonchev–Trinajstić information content (AvgIpc) is 2.99. The molecule has 5 heterocycles. The van der Waals surface area contributed by atoms with E-state index in [-0.39, 0.29) is 40.1 Å². The van der Waals surface area contributed by atoms with Crippen LogP contribution in [0.5, 0.6) is 5.88 Å². The number of hydrogen-bond donors (Lipinski definition) is 3. The summed E-state index contributed by atoms with van der Waals surface area (Å²) in [4.78, 5) is 17.9. The Morgan fingerprint density at radius 2 is 1.78 bits per heavy atom. The molecule has 3 aliphatic rings. The minimum atomic E-state index is -5.03. The number of anilines is 3. The normalized spacial score (nSPS) is 22.7. The van der Waals surface area contributed by atoms with E-state index in [1.54, 1.807) is 6.92 Å². The van der Waals surface area contributed by atoms with Crippen molar-refractivity contribution in [1.82, 2.24) is 25.2 Å². The van der Waals surface area contributed by atoms with Gasteiger partial charge in [0.15, 0.2) is 5.82 Å². The Bertz CT molecular complexity index is 1610. The summed E-state index contributed by atoms with van der Waals surface area (Å²) in [5, 5.41) is 6.76. The van der Waals surface area contributed by atoms with E-state index in [9.17, 15) is 17.6 Å². The van der Waals surface area contributed by atoms with E-state index in [1.807, 2.05) is 11.8 Å². The Hall–Kier alpha value is -3.56. The van der Waals surface area contributed by atoms with E-state index >= 15 is 4.39 Å². The molecular formula is C30H37F5N8O2. The summed E-state index contributed by atoms with van der Waals surface area (Å²) in [7, 11) is 0. The molecule has 1 aromatic carbocycles. The van der Waals surface area contributed by atoms with Crippen LogP contribution in [0.15, 0.2) is 6.07 Å². The fourth-order valence-corrected chi connectivity index (χ4v) is 6.36. The highest BCUT2D eigenvalue weighted by Crippen LogP contribution is 2.45. The van der Waals surface area contributed by atoms with E-state index in [4.69, 9.17) is 20.2 Å². The summed E-state index contributed by atoms with van der Waals surface area (Å²) >= 11 is 0. The minimum Gasteiger partial charge on any atom is -0.474 e. The maximum Gasteiger partial charge on any atom is 0.417 e. The van der Waals surface area contributed by atoms with Crippen molar-refractivity contribution in [3.05, 3.63) is 28.8 Å². The molecule has 0 radical (unpaired) electrons. The molecule has 15 heteroatoms. The molecule has 2 saturated heterocycles. The van der Waals surface area contributed by atoms with Crippen molar-refractivity contribution in [3.63, 3.8) is 0 Å². The number of ether oxygens (including phenoxy) is 2. The fourth-order valence-electron chi connectivity index (χ4n) is 6.36. The summed E-state index contributed by atoms with van der Waals surface area (Å²) in [5.41, 5.74) is 1.25. The number of nitrogens with zero attached hydrogens (tertiary/aromatic N) is 5. The number of rotatable bonds is 3. The van der Waals surface area contributed by atoms with E-state index in [1.165, 1.54) is 0 Å². The molecule has 10 nitrogen and oxygen atoms in total. The molecule has 2 fully saturated rings. The highest BCUT2D eigenvalue weighted by molar-refractivity contribution is 5.97. The fraction of sp³-hybridized carbons (Fsp3) is 0.567. The highest BCUT2D eigenvalue weighted by atomic mass is 19.4. The van der Waals surface area contributed by atoms with Crippen molar-refractivity contribution in [2.75, 3.05) is 68.4 Å². The second kappa shape index (κ2) is 11.7. The lowest BCUT2D eigenvalue weighted by atomic mass is 9.90. The van der Waals surface area contributed by atoms with Gasteiger partial charge in [0, 0.05) is 44.3 Å². The summed E-state index contributed by atoms with van der Waals surface area (Å²) < 4.78 is 86.1. The second-order valence-electron chi connectivity index (χ2n) is 12.4. The minimum absolute atomic E-state index is 0.0115. The monoisotopic (exact) mass is 636 g/mol. The van der Waals surface area contributed by atoms with Gasteiger partial charge in [-0.1, -0.05) is 0 Å². The first-order valence-electron chi connectivity index (χ1n) is 15.1. The van der Waals surface area contributed by atoms with Crippen LogP contribution in [0.4, 0.5) is 39.4 Å². The third kappa shape index (κ3) is 5.81. The summed E-state index contributed by atoms with van der Waals surface area (Å²) in [6.45, 7) is 11.8. The molecule has 0 bridgehead atoms. The number of morpholine rings is 1. The quantitative estimate of drug-likeness (QED) is 0.283. The molecule has 3 aliphatic heterocycles. The zero-order chi connectivity index (χ0) is 32.3. The number of hydrogen-bond acceptors (Lipinski definition) is 10. The predicted molar refractivity (Wildman–Crippen MR) is 161 cm³/mol. The summed E-state index contributed by atoms with van der Waals surface area (Å²) in [6, 6.07) is 0.775. The van der Waals surface area contributed by atoms with Crippen LogP contribution in [0.1, 0.15) is 38.3 Å². The first-order chi connectivity index (χ1) is 21.3. The number of nitrogens with one attached hydrogen (secondary N) is 2. The van der Waals surface area contributed by atoms with Crippen LogP contribution in [0.25, 0.3) is 22.2 Å². The maximum absolute atomic E-state index is 16.7. The molecule has 0 spiro atoms. The van der Waals surface area contributed by atoms with Crippen molar-refractivity contribution >= 4 is 28.4 Å². The average molecular weight is 637 g/mol. The van der Waals surface area contributed by atoms with Gasteiger partial charge >= 0.3 is 6.18 Å². The summed E-state index contributed by atoms with van der Waals surface area (Å²) in [6.07, 6.45) is -4.94. The van der Waals surface area contributed by atoms with Crippen molar-refractivity contribution in [3.8, 4) is 17.1 Å². The van der Waals surface area contributed by atoms with Gasteiger partial charge in [0.25, 0.3) is 0 Å². The van der Waals surface area contributed by atoms with Crippen LogP contribution in [0.3, 0.4) is 0 Å². The van der Waals surface area contributed by atoms with Crippen LogP contribution in [0, 0.1) is 18.6 Å². The largest absolute Gasteiger partial charge is 0.474 e. The molecule has 0 aliphatic carbocycles. The Morgan fingerprint density at radius 1 is 1.07 bits per heavy atom. The van der Waals surface area contributed by atoms with Gasteiger partial charge in [-0.05, 0) is 52.3 Å². The molecular weight excluding hydrogens is 599 g/mol. The van der Waals surface area contributed by atoms with Crippen LogP contribution in [-0.4, -0.2) is 90.0 Å². The topological polar surface area (TPSA) is 114 Å². The van der Waals surface area contributed by atoms with Crippen molar-refractivity contribution in [2.45, 2.75) is 58.0 Å². The molecule has 45 heavy (non-hydrogen) atoms. The van der Waals surface area contributed by atoms with Gasteiger partial charge in [0.2, 0.25) is 11.8 Å². The van der Waals surface area contributed by atoms with Gasteiger partial charge in [0.1, 0.15) is 28.2 Å². The Kier molecular flexibility index (Phi) is 8.14. The second-order valence-corrected chi connectivity index (χ2v) is 12.4. The van der Waals surface area contributed by atoms with Gasteiger partial charge in [0.05, 0.1) is 36.1 Å². The van der Waals surface area contributed by atoms with Gasteiger partial charge < -0.3 is 30.7 Å². The van der Waals surface area contributed by atoms with Crippen molar-refractivity contribution < 1.29 is 31.4 Å². The van der Waals surface area contributed by atoms with Crippen LogP contribution in [0.2, 0.25) is 0 Å². The van der Waals surface area contributed by atoms with Crippen molar-refractivity contribution in [2.24, 2.45) is 0 Å². The summed E-state index contributed by atoms with van der Waals surface area (Å²) in [5.74, 6) is -2.02. The van der Waals surface area contributed by atoms with Crippen LogP contribution < -0.4 is 26.0 Å². The van der Waals surface area contributed by atoms with Gasteiger partial charge in [-0.15, -0.1) is 0 Å². The molecule has 0 saturated carbocycles. The lowest BCUT2D eigenvalue weighted by Crippen LogP contribution is -2.70. The lowest BCUT2D eigenvalue weighted by molar-refractivity contribution is -0.137. The first-order valence-corrected chi connectivity index (χ1v) is 15.1. The SMILES string of the molecule is Cc1c(F)c(N)cc(-c2nc3c4c(nc(N5CC(C)(N6CCOCC6)C5)nc4c2F)NCC(C)NCC[C@H](C)O3)c1C(F)(F)F. The molecule has 4 N–H and O–H groups in total. The van der Waals surface area contributed by atoms with Gasteiger partial charge in [-0.2, -0.15) is 18.2 Å². The number of pyridine rings is 1. The third-order valence-corrected chi connectivity index (χ3v) is 8.86. The van der Waals surface area contributed by atoms with E-state index in [2.05, 4.69) is 32.4 Å². The maximum atomic E-state index is 16.7. The number of aromatic nitrogens is 3. The Balaban J connectivity index is 1.55. The molecule has 244 valence electrons. The van der Waals surface area contributed by atoms with Crippen LogP contribution in [-0.2, 0) is 10.9 Å². The number of nitrogens with two attached hydrogens (primary N) is 1. The van der Waals surface area contributed by atoms with Crippen molar-refractivity contribution in [1.29, 1.82) is 0 Å². The number of benzene rings is 1.